The lowest BCUT2D eigenvalue weighted by molar-refractivity contribution is 0.0323. The van der Waals surface area contributed by atoms with Crippen molar-refractivity contribution >= 4 is 43.7 Å². The van der Waals surface area contributed by atoms with Crippen LogP contribution in [0.4, 0.5) is 0 Å². The minimum Gasteiger partial charge on any atom is -0.370 e. The maximum Gasteiger partial charge on any atom is 0.272 e. The van der Waals surface area contributed by atoms with Crippen molar-refractivity contribution < 1.29 is 4.79 Å². The summed E-state index contributed by atoms with van der Waals surface area (Å²) >= 11 is 6.98. The van der Waals surface area contributed by atoms with Crippen LogP contribution in [0, 0.1) is 0 Å². The van der Waals surface area contributed by atoms with Crippen molar-refractivity contribution in [3.63, 3.8) is 0 Å². The van der Waals surface area contributed by atoms with Gasteiger partial charge in [0, 0.05) is 6.54 Å². The van der Waals surface area contributed by atoms with Gasteiger partial charge in [-0.15, -0.1) is 0 Å². The van der Waals surface area contributed by atoms with Crippen LogP contribution in [-0.4, -0.2) is 33.5 Å². The predicted octanol–water partition coefficient (Wildman–Crippen LogP) is 1.38. The average molecular weight is 389 g/mol. The van der Waals surface area contributed by atoms with Gasteiger partial charge < -0.3 is 20.5 Å². The van der Waals surface area contributed by atoms with Crippen LogP contribution < -0.4 is 11.1 Å². The summed E-state index contributed by atoms with van der Waals surface area (Å²) in [5.74, 6) is 0.423. The Labute approximate surface area is 126 Å². The summed E-state index contributed by atoms with van der Waals surface area (Å²) in [6.45, 7) is 0.742. The summed E-state index contributed by atoms with van der Waals surface area (Å²) in [5.41, 5.74) is 6.01. The Balaban J connectivity index is 2.01. The van der Waals surface area contributed by atoms with E-state index in [1.165, 1.54) is 0 Å². The standard InChI is InChI=1S/C11H11Br2N5O/c12-5-4-6-8(19)17-3-1-2-11(17)9(15-10(14)16-11)18(6)7(5)13/h4,9H,1-3H2,(H3,14,15,16)/t9-,11?/m1/s1. The number of halogens is 2. The van der Waals surface area contributed by atoms with Gasteiger partial charge in [0.25, 0.3) is 5.91 Å². The molecule has 0 aliphatic carbocycles. The number of hydrogen-bond acceptors (Lipinski definition) is 4. The second-order valence-electron chi connectivity index (χ2n) is 5.04. The molecule has 1 saturated heterocycles. The van der Waals surface area contributed by atoms with E-state index in [4.69, 9.17) is 5.73 Å². The van der Waals surface area contributed by atoms with E-state index < -0.39 is 5.66 Å². The first-order chi connectivity index (χ1) is 9.04. The van der Waals surface area contributed by atoms with Crippen LogP contribution >= 0.6 is 31.9 Å². The minimum atomic E-state index is -0.491. The Kier molecular flexibility index (Phi) is 2.20. The lowest BCUT2D eigenvalue weighted by Gasteiger charge is -2.43. The number of carbonyl (C=O) groups is 1. The first kappa shape index (κ1) is 11.8. The Bertz CT molecular complexity index is 639. The Morgan fingerprint density at radius 2 is 2.32 bits per heavy atom. The first-order valence-electron chi connectivity index (χ1n) is 6.04. The quantitative estimate of drug-likeness (QED) is 0.704. The third-order valence-corrected chi connectivity index (χ3v) is 6.04. The second kappa shape index (κ2) is 3.54. The van der Waals surface area contributed by atoms with E-state index >= 15 is 0 Å². The molecule has 4 rings (SSSR count). The van der Waals surface area contributed by atoms with Gasteiger partial charge >= 0.3 is 0 Å². The fourth-order valence-corrected chi connectivity index (χ4v) is 4.27. The molecule has 1 aromatic rings. The molecule has 3 N–H and O–H groups in total. The summed E-state index contributed by atoms with van der Waals surface area (Å²) in [4.78, 5) is 19.0. The van der Waals surface area contributed by atoms with Crippen molar-refractivity contribution in [3.8, 4) is 0 Å². The maximum absolute atomic E-state index is 12.6. The summed E-state index contributed by atoms with van der Waals surface area (Å²) < 4.78 is 3.60. The number of aliphatic imine (C=N–C) groups is 1. The molecule has 0 aromatic carbocycles. The van der Waals surface area contributed by atoms with Gasteiger partial charge in [-0.3, -0.25) is 4.79 Å². The van der Waals surface area contributed by atoms with Gasteiger partial charge in [-0.1, -0.05) is 0 Å². The van der Waals surface area contributed by atoms with E-state index in [2.05, 4.69) is 42.2 Å². The van der Waals surface area contributed by atoms with Crippen molar-refractivity contribution in [2.24, 2.45) is 10.7 Å². The number of hydrogen-bond donors (Lipinski definition) is 2. The van der Waals surface area contributed by atoms with E-state index in [-0.39, 0.29) is 12.1 Å². The van der Waals surface area contributed by atoms with E-state index in [1.54, 1.807) is 0 Å². The molecule has 8 heteroatoms. The molecule has 0 saturated carbocycles. The van der Waals surface area contributed by atoms with Crippen molar-refractivity contribution in [2.75, 3.05) is 6.54 Å². The van der Waals surface area contributed by atoms with Crippen LogP contribution in [0.5, 0.6) is 0 Å². The number of amides is 1. The van der Waals surface area contributed by atoms with Gasteiger partial charge in [0.15, 0.2) is 17.8 Å². The van der Waals surface area contributed by atoms with E-state index in [9.17, 15) is 4.79 Å². The molecule has 1 unspecified atom stereocenters. The van der Waals surface area contributed by atoms with Crippen LogP contribution in [0.25, 0.3) is 0 Å². The number of nitrogens with zero attached hydrogens (tertiary/aromatic N) is 3. The number of rotatable bonds is 0. The van der Waals surface area contributed by atoms with Crippen LogP contribution in [0.2, 0.25) is 0 Å². The van der Waals surface area contributed by atoms with Crippen molar-refractivity contribution in [1.29, 1.82) is 0 Å². The topological polar surface area (TPSA) is 75.6 Å². The molecule has 1 spiro atoms. The number of aromatic nitrogens is 1. The Morgan fingerprint density at radius 3 is 3.11 bits per heavy atom. The average Bonchev–Trinajstić information content (AvgIpc) is 2.99. The number of nitrogens with two attached hydrogens (primary N) is 1. The number of guanidine groups is 1. The maximum atomic E-state index is 12.6. The van der Waals surface area contributed by atoms with Crippen molar-refractivity contribution in [2.45, 2.75) is 24.7 Å². The van der Waals surface area contributed by atoms with Gasteiger partial charge in [0.2, 0.25) is 0 Å². The molecule has 1 amide bonds. The normalized spacial score (nSPS) is 31.7. The zero-order valence-electron chi connectivity index (χ0n) is 9.86. The molecule has 0 radical (unpaired) electrons. The van der Waals surface area contributed by atoms with Crippen molar-refractivity contribution in [3.05, 3.63) is 20.8 Å². The summed E-state index contributed by atoms with van der Waals surface area (Å²) in [6, 6.07) is 1.83. The van der Waals surface area contributed by atoms with E-state index in [1.807, 2.05) is 15.5 Å². The molecule has 0 bridgehead atoms. The van der Waals surface area contributed by atoms with Crippen LogP contribution in [0.3, 0.4) is 0 Å². The van der Waals surface area contributed by atoms with Gasteiger partial charge in [-0.2, -0.15) is 0 Å². The highest BCUT2D eigenvalue weighted by atomic mass is 79.9. The second-order valence-corrected chi connectivity index (χ2v) is 6.64. The van der Waals surface area contributed by atoms with Crippen LogP contribution in [0.1, 0.15) is 29.5 Å². The minimum absolute atomic E-state index is 0.0255. The molecule has 4 heterocycles. The SMILES string of the molecule is NC1=N[C@@H]2n3c(cc(Br)c3Br)C(=O)N3CCCC23N1. The molecular formula is C11H11Br2N5O. The number of fused-ring (bicyclic) bond motifs is 2. The smallest absolute Gasteiger partial charge is 0.272 e. The molecule has 1 fully saturated rings. The zero-order chi connectivity index (χ0) is 13.4. The lowest BCUT2D eigenvalue weighted by Crippen LogP contribution is -2.63. The molecule has 19 heavy (non-hydrogen) atoms. The third kappa shape index (κ3) is 1.26. The van der Waals surface area contributed by atoms with E-state index in [0.717, 1.165) is 28.5 Å². The highest BCUT2D eigenvalue weighted by Crippen LogP contribution is 2.47. The highest BCUT2D eigenvalue weighted by Gasteiger charge is 2.58. The van der Waals surface area contributed by atoms with Gasteiger partial charge in [-0.25, -0.2) is 4.99 Å². The summed E-state index contributed by atoms with van der Waals surface area (Å²) in [5, 5.41) is 3.21. The molecule has 1 aromatic heterocycles. The van der Waals surface area contributed by atoms with Crippen LogP contribution in [-0.2, 0) is 0 Å². The first-order valence-corrected chi connectivity index (χ1v) is 7.63. The molecular weight excluding hydrogens is 378 g/mol. The lowest BCUT2D eigenvalue weighted by atomic mass is 10.0. The predicted molar refractivity (Wildman–Crippen MR) is 76.6 cm³/mol. The van der Waals surface area contributed by atoms with Gasteiger partial charge in [-0.05, 0) is 50.8 Å². The summed E-state index contributed by atoms with van der Waals surface area (Å²) in [7, 11) is 0. The van der Waals surface area contributed by atoms with Crippen LogP contribution in [0.15, 0.2) is 20.1 Å². The number of carbonyl (C=O) groups excluding carboxylic acids is 1. The number of nitrogens with one attached hydrogen (secondary N) is 1. The monoisotopic (exact) mass is 387 g/mol. The zero-order valence-corrected chi connectivity index (χ0v) is 13.0. The third-order valence-electron chi connectivity index (χ3n) is 4.09. The fraction of sp³-hybridized carbons (Fsp3) is 0.455. The van der Waals surface area contributed by atoms with Gasteiger partial charge in [0.05, 0.1) is 4.47 Å². The molecule has 3 aliphatic rings. The van der Waals surface area contributed by atoms with Gasteiger partial charge in [0.1, 0.15) is 10.3 Å². The molecule has 3 aliphatic heterocycles. The van der Waals surface area contributed by atoms with E-state index in [0.29, 0.717) is 11.7 Å². The Morgan fingerprint density at radius 1 is 1.53 bits per heavy atom. The molecule has 100 valence electrons. The fourth-order valence-electron chi connectivity index (χ4n) is 3.36. The highest BCUT2D eigenvalue weighted by molar-refractivity contribution is 9.13. The Hall–Kier alpha value is -1.02. The largest absolute Gasteiger partial charge is 0.370 e. The summed E-state index contributed by atoms with van der Waals surface area (Å²) in [6.07, 6.45) is 1.61. The molecule has 2 atom stereocenters. The van der Waals surface area contributed by atoms with Crippen molar-refractivity contribution in [1.82, 2.24) is 14.8 Å². The molecule has 6 nitrogen and oxygen atoms in total.